The van der Waals surface area contributed by atoms with Gasteiger partial charge in [0, 0.05) is 37.1 Å². The molecule has 7 heteroatoms. The first kappa shape index (κ1) is 17.9. The second-order valence-electron chi connectivity index (χ2n) is 6.85. The summed E-state index contributed by atoms with van der Waals surface area (Å²) < 4.78 is 5.77. The third-order valence-electron chi connectivity index (χ3n) is 4.92. The standard InChI is InChI=1S/C21H19N3O4/c1-14-2-4-16(5-3-14)19-13-22-20(28-19)8-9-21(25)23-11-10-15-6-7-17(24(26)27)12-18(15)23/h2-7,12-13H,8-11H2,1H3. The zero-order chi connectivity index (χ0) is 19.7. The first-order chi connectivity index (χ1) is 13.5. The third-order valence-corrected chi connectivity index (χ3v) is 4.92. The van der Waals surface area contributed by atoms with Gasteiger partial charge in [0.05, 0.1) is 16.8 Å². The van der Waals surface area contributed by atoms with Crippen LogP contribution in [0.25, 0.3) is 11.3 Å². The van der Waals surface area contributed by atoms with Crippen LogP contribution in [0.2, 0.25) is 0 Å². The van der Waals surface area contributed by atoms with Crippen molar-refractivity contribution in [1.29, 1.82) is 0 Å². The van der Waals surface area contributed by atoms with Crippen molar-refractivity contribution in [3.63, 3.8) is 0 Å². The Hall–Kier alpha value is -3.48. The van der Waals surface area contributed by atoms with Crippen LogP contribution in [-0.2, 0) is 17.6 Å². The quantitative estimate of drug-likeness (QED) is 0.494. The molecule has 3 aromatic rings. The normalized spacial score (nSPS) is 12.8. The molecule has 1 amide bonds. The summed E-state index contributed by atoms with van der Waals surface area (Å²) in [6.07, 6.45) is 2.98. The molecule has 1 aliphatic rings. The van der Waals surface area contributed by atoms with E-state index in [0.29, 0.717) is 36.7 Å². The summed E-state index contributed by atoms with van der Waals surface area (Å²) in [6.45, 7) is 2.56. The lowest BCUT2D eigenvalue weighted by Crippen LogP contribution is -2.29. The summed E-state index contributed by atoms with van der Waals surface area (Å²) in [6, 6.07) is 12.6. The van der Waals surface area contributed by atoms with Crippen molar-refractivity contribution in [3.8, 4) is 11.3 Å². The molecular weight excluding hydrogens is 358 g/mol. The van der Waals surface area contributed by atoms with Crippen LogP contribution in [0.4, 0.5) is 11.4 Å². The van der Waals surface area contributed by atoms with Gasteiger partial charge >= 0.3 is 0 Å². The molecule has 2 heterocycles. The number of carbonyl (C=O) groups excluding carboxylic acids is 1. The first-order valence-electron chi connectivity index (χ1n) is 9.11. The van der Waals surface area contributed by atoms with Crippen molar-refractivity contribution in [3.05, 3.63) is 75.8 Å². The predicted octanol–water partition coefficient (Wildman–Crippen LogP) is 4.08. The molecule has 7 nitrogen and oxygen atoms in total. The topological polar surface area (TPSA) is 89.5 Å². The number of aromatic nitrogens is 1. The smallest absolute Gasteiger partial charge is 0.271 e. The number of anilines is 1. The summed E-state index contributed by atoms with van der Waals surface area (Å²) in [4.78, 5) is 29.1. The monoisotopic (exact) mass is 377 g/mol. The molecule has 0 N–H and O–H groups in total. The third kappa shape index (κ3) is 3.51. The fourth-order valence-electron chi connectivity index (χ4n) is 3.37. The van der Waals surface area contributed by atoms with Crippen LogP contribution < -0.4 is 4.90 Å². The predicted molar refractivity (Wildman–Crippen MR) is 104 cm³/mol. The number of fused-ring (bicyclic) bond motifs is 1. The van der Waals surface area contributed by atoms with Crippen molar-refractivity contribution in [1.82, 2.24) is 4.98 Å². The highest BCUT2D eigenvalue weighted by Crippen LogP contribution is 2.32. The largest absolute Gasteiger partial charge is 0.441 e. The van der Waals surface area contributed by atoms with Gasteiger partial charge in [-0.25, -0.2) is 4.98 Å². The zero-order valence-electron chi connectivity index (χ0n) is 15.4. The van der Waals surface area contributed by atoms with Crippen molar-refractivity contribution in [2.45, 2.75) is 26.2 Å². The lowest BCUT2D eigenvalue weighted by molar-refractivity contribution is -0.384. The molecule has 0 fully saturated rings. The molecule has 0 saturated carbocycles. The van der Waals surface area contributed by atoms with Crippen LogP contribution in [0.3, 0.4) is 0 Å². The molecule has 28 heavy (non-hydrogen) atoms. The number of non-ortho nitro benzene ring substituents is 1. The molecule has 0 spiro atoms. The maximum absolute atomic E-state index is 12.7. The summed E-state index contributed by atoms with van der Waals surface area (Å²) >= 11 is 0. The average Bonchev–Trinajstić information content (AvgIpc) is 3.33. The molecule has 0 aliphatic carbocycles. The van der Waals surface area contributed by atoms with Crippen LogP contribution in [-0.4, -0.2) is 22.4 Å². The molecule has 0 radical (unpaired) electrons. The molecule has 142 valence electrons. The Morgan fingerprint density at radius 2 is 2.04 bits per heavy atom. The van der Waals surface area contributed by atoms with Gasteiger partial charge < -0.3 is 9.32 Å². The SMILES string of the molecule is Cc1ccc(-c2cnc(CCC(=O)N3CCc4ccc([N+](=O)[O-])cc43)o2)cc1. The van der Waals surface area contributed by atoms with Crippen molar-refractivity contribution in [2.24, 2.45) is 0 Å². The second-order valence-corrected chi connectivity index (χ2v) is 6.85. The molecule has 2 aromatic carbocycles. The van der Waals surface area contributed by atoms with Crippen LogP contribution in [0.1, 0.15) is 23.4 Å². The number of nitro groups is 1. The molecule has 0 saturated heterocycles. The van der Waals surface area contributed by atoms with E-state index in [1.54, 1.807) is 17.2 Å². The van der Waals surface area contributed by atoms with E-state index in [0.717, 1.165) is 11.1 Å². The fourth-order valence-corrected chi connectivity index (χ4v) is 3.37. The Morgan fingerprint density at radius 3 is 2.79 bits per heavy atom. The van der Waals surface area contributed by atoms with Gasteiger partial charge in [-0.15, -0.1) is 0 Å². The maximum atomic E-state index is 12.7. The number of benzene rings is 2. The number of aryl methyl sites for hydroxylation is 2. The summed E-state index contributed by atoms with van der Waals surface area (Å²) in [5.41, 5.74) is 3.69. The average molecular weight is 377 g/mol. The maximum Gasteiger partial charge on any atom is 0.271 e. The number of nitrogens with zero attached hydrogens (tertiary/aromatic N) is 3. The number of nitro benzene ring substituents is 1. The lowest BCUT2D eigenvalue weighted by Gasteiger charge is -2.16. The van der Waals surface area contributed by atoms with E-state index in [1.807, 2.05) is 31.2 Å². The number of rotatable bonds is 5. The molecule has 1 aromatic heterocycles. The van der Waals surface area contributed by atoms with Gasteiger partial charge in [0.1, 0.15) is 0 Å². The molecule has 1 aliphatic heterocycles. The van der Waals surface area contributed by atoms with Gasteiger partial charge in [0.15, 0.2) is 11.7 Å². The van der Waals surface area contributed by atoms with E-state index in [2.05, 4.69) is 4.98 Å². The Morgan fingerprint density at radius 1 is 1.25 bits per heavy atom. The van der Waals surface area contributed by atoms with E-state index in [1.165, 1.54) is 17.7 Å². The van der Waals surface area contributed by atoms with E-state index < -0.39 is 4.92 Å². The highest BCUT2D eigenvalue weighted by atomic mass is 16.6. The van der Waals surface area contributed by atoms with Gasteiger partial charge in [-0.05, 0) is 18.9 Å². The first-order valence-corrected chi connectivity index (χ1v) is 9.11. The summed E-state index contributed by atoms with van der Waals surface area (Å²) in [5.74, 6) is 1.08. The molecule has 4 rings (SSSR count). The van der Waals surface area contributed by atoms with Gasteiger partial charge in [0.2, 0.25) is 5.91 Å². The van der Waals surface area contributed by atoms with Crippen LogP contribution in [0, 0.1) is 17.0 Å². The zero-order valence-corrected chi connectivity index (χ0v) is 15.4. The molecule has 0 unspecified atom stereocenters. The van der Waals surface area contributed by atoms with Crippen LogP contribution in [0.15, 0.2) is 53.1 Å². The van der Waals surface area contributed by atoms with Crippen LogP contribution >= 0.6 is 0 Å². The number of hydrogen-bond donors (Lipinski definition) is 0. The Balaban J connectivity index is 1.43. The van der Waals surface area contributed by atoms with E-state index in [4.69, 9.17) is 4.42 Å². The number of carbonyl (C=O) groups is 1. The molecular formula is C21H19N3O4. The number of amides is 1. The second kappa shape index (κ2) is 7.26. The Bertz CT molecular complexity index is 1040. The summed E-state index contributed by atoms with van der Waals surface area (Å²) in [7, 11) is 0. The van der Waals surface area contributed by atoms with E-state index >= 15 is 0 Å². The van der Waals surface area contributed by atoms with Gasteiger partial charge in [-0.2, -0.15) is 0 Å². The number of hydrogen-bond acceptors (Lipinski definition) is 5. The van der Waals surface area contributed by atoms with Crippen molar-refractivity contribution >= 4 is 17.3 Å². The van der Waals surface area contributed by atoms with E-state index in [9.17, 15) is 14.9 Å². The Kier molecular flexibility index (Phi) is 4.65. The highest BCUT2D eigenvalue weighted by molar-refractivity contribution is 5.95. The summed E-state index contributed by atoms with van der Waals surface area (Å²) in [5, 5.41) is 11.0. The number of oxazole rings is 1. The van der Waals surface area contributed by atoms with Crippen molar-refractivity contribution in [2.75, 3.05) is 11.4 Å². The minimum Gasteiger partial charge on any atom is -0.441 e. The van der Waals surface area contributed by atoms with Gasteiger partial charge in [-0.1, -0.05) is 35.9 Å². The highest BCUT2D eigenvalue weighted by Gasteiger charge is 2.26. The Labute approximate surface area is 161 Å². The van der Waals surface area contributed by atoms with E-state index in [-0.39, 0.29) is 18.0 Å². The molecule has 0 bridgehead atoms. The lowest BCUT2D eigenvalue weighted by atomic mass is 10.1. The van der Waals surface area contributed by atoms with Gasteiger partial charge in [-0.3, -0.25) is 14.9 Å². The van der Waals surface area contributed by atoms with Crippen LogP contribution in [0.5, 0.6) is 0 Å². The molecule has 0 atom stereocenters. The minimum absolute atomic E-state index is 0.00566. The fraction of sp³-hybridized carbons (Fsp3) is 0.238. The minimum atomic E-state index is -0.444. The van der Waals surface area contributed by atoms with Gasteiger partial charge in [0.25, 0.3) is 5.69 Å². The van der Waals surface area contributed by atoms with Crippen molar-refractivity contribution < 1.29 is 14.1 Å².